The average Bonchev–Trinajstić information content (AvgIpc) is 2.54. The molecule has 7 nitrogen and oxygen atoms in total. The Morgan fingerprint density at radius 1 is 1.39 bits per heavy atom. The first-order chi connectivity index (χ1) is 10.8. The Morgan fingerprint density at radius 2 is 2.04 bits per heavy atom. The van der Waals surface area contributed by atoms with Gasteiger partial charge in [0.15, 0.2) is 0 Å². The number of sulfonamides is 1. The summed E-state index contributed by atoms with van der Waals surface area (Å²) in [6, 6.07) is 4.01. The maximum Gasteiger partial charge on any atom is 0.337 e. The van der Waals surface area contributed by atoms with Crippen molar-refractivity contribution in [2.75, 3.05) is 31.2 Å². The summed E-state index contributed by atoms with van der Waals surface area (Å²) >= 11 is 0. The molecule has 0 spiro atoms. The second-order valence-corrected chi connectivity index (χ2v) is 7.23. The number of nitrogens with zero attached hydrogens (tertiary/aromatic N) is 1. The number of aromatic carboxylic acids is 1. The van der Waals surface area contributed by atoms with Crippen LogP contribution in [0.15, 0.2) is 23.1 Å². The molecule has 128 valence electrons. The van der Waals surface area contributed by atoms with Gasteiger partial charge in [0.25, 0.3) is 0 Å². The molecule has 1 aromatic rings. The summed E-state index contributed by atoms with van der Waals surface area (Å²) in [7, 11) is -3.73. The summed E-state index contributed by atoms with van der Waals surface area (Å²) in [5.74, 6) is -1.15. The van der Waals surface area contributed by atoms with Crippen molar-refractivity contribution < 1.29 is 23.1 Å². The monoisotopic (exact) mass is 342 g/mol. The van der Waals surface area contributed by atoms with Gasteiger partial charge in [-0.25, -0.2) is 17.9 Å². The van der Waals surface area contributed by atoms with Gasteiger partial charge in [0.1, 0.15) is 0 Å². The molecule has 1 heterocycles. The minimum Gasteiger partial charge on any atom is -0.478 e. The summed E-state index contributed by atoms with van der Waals surface area (Å²) in [6.45, 7) is 5.84. The smallest absolute Gasteiger partial charge is 0.337 e. The van der Waals surface area contributed by atoms with Gasteiger partial charge in [-0.15, -0.1) is 0 Å². The third-order valence-corrected chi connectivity index (χ3v) is 5.42. The van der Waals surface area contributed by atoms with Crippen LogP contribution < -0.4 is 9.62 Å². The maximum absolute atomic E-state index is 12.3. The number of rotatable bonds is 6. The number of carbonyl (C=O) groups is 1. The van der Waals surface area contributed by atoms with Crippen molar-refractivity contribution in [3.05, 3.63) is 23.8 Å². The van der Waals surface area contributed by atoms with Crippen LogP contribution in [-0.2, 0) is 14.8 Å². The van der Waals surface area contributed by atoms with Gasteiger partial charge >= 0.3 is 5.97 Å². The lowest BCUT2D eigenvalue weighted by atomic mass is 10.1. The normalized spacial score (nSPS) is 17.0. The highest BCUT2D eigenvalue weighted by Gasteiger charge is 2.23. The number of hydrogen-bond donors (Lipinski definition) is 2. The average molecular weight is 342 g/mol. The Labute approximate surface area is 136 Å². The van der Waals surface area contributed by atoms with Crippen molar-refractivity contribution in [2.45, 2.75) is 31.2 Å². The third-order valence-electron chi connectivity index (χ3n) is 3.83. The van der Waals surface area contributed by atoms with Crippen molar-refractivity contribution in [1.29, 1.82) is 0 Å². The van der Waals surface area contributed by atoms with Gasteiger partial charge in [-0.3, -0.25) is 0 Å². The number of carboxylic acids is 1. The Balaban J connectivity index is 2.37. The molecular formula is C15H22N2O5S. The summed E-state index contributed by atoms with van der Waals surface area (Å²) < 4.78 is 32.4. The van der Waals surface area contributed by atoms with Crippen molar-refractivity contribution in [3.63, 3.8) is 0 Å². The Hall–Kier alpha value is -1.64. The predicted octanol–water partition coefficient (Wildman–Crippen LogP) is 1.30. The molecule has 2 N–H and O–H groups in total. The van der Waals surface area contributed by atoms with E-state index >= 15 is 0 Å². The van der Waals surface area contributed by atoms with Crippen molar-refractivity contribution >= 4 is 21.7 Å². The molecule has 0 saturated carbocycles. The summed E-state index contributed by atoms with van der Waals surface area (Å²) in [6.07, 6.45) is 0.650. The van der Waals surface area contributed by atoms with Crippen LogP contribution in [-0.4, -0.2) is 51.8 Å². The lowest BCUT2D eigenvalue weighted by Crippen LogP contribution is -2.37. The van der Waals surface area contributed by atoms with E-state index in [0.29, 0.717) is 38.4 Å². The quantitative estimate of drug-likeness (QED) is 0.809. The largest absolute Gasteiger partial charge is 0.478 e. The molecule has 1 fully saturated rings. The summed E-state index contributed by atoms with van der Waals surface area (Å²) in [5.41, 5.74) is 0.502. The number of ether oxygens (including phenoxy) is 1. The second kappa shape index (κ2) is 7.29. The third kappa shape index (κ3) is 4.21. The molecule has 1 saturated heterocycles. The maximum atomic E-state index is 12.3. The zero-order valence-corrected chi connectivity index (χ0v) is 14.1. The molecule has 1 aliphatic heterocycles. The fraction of sp³-hybridized carbons (Fsp3) is 0.533. The fourth-order valence-corrected chi connectivity index (χ4v) is 3.70. The highest BCUT2D eigenvalue weighted by molar-refractivity contribution is 7.89. The minimum atomic E-state index is -3.73. The number of nitrogens with one attached hydrogen (secondary N) is 1. The Bertz CT molecular complexity index is 668. The van der Waals surface area contributed by atoms with Crippen LogP contribution in [0.4, 0.5) is 5.69 Å². The first-order valence-electron chi connectivity index (χ1n) is 7.57. The molecule has 1 atom stereocenters. The van der Waals surface area contributed by atoms with Crippen LogP contribution in [0, 0.1) is 0 Å². The van der Waals surface area contributed by atoms with Gasteiger partial charge in [0.2, 0.25) is 10.0 Å². The zero-order chi connectivity index (χ0) is 17.0. The molecule has 1 aliphatic rings. The number of carboxylic acid groups (broad SMARTS) is 1. The van der Waals surface area contributed by atoms with E-state index in [1.807, 2.05) is 11.8 Å². The lowest BCUT2D eigenvalue weighted by Gasteiger charge is -2.30. The van der Waals surface area contributed by atoms with E-state index in [2.05, 4.69) is 4.72 Å². The van der Waals surface area contributed by atoms with Crippen LogP contribution in [0.3, 0.4) is 0 Å². The lowest BCUT2D eigenvalue weighted by molar-refractivity contribution is 0.0696. The van der Waals surface area contributed by atoms with Crippen molar-refractivity contribution in [3.8, 4) is 0 Å². The van der Waals surface area contributed by atoms with Gasteiger partial charge in [-0.05, 0) is 31.5 Å². The Kier molecular flexibility index (Phi) is 5.61. The van der Waals surface area contributed by atoms with Crippen LogP contribution in [0.2, 0.25) is 0 Å². The molecule has 8 heteroatoms. The molecule has 0 bridgehead atoms. The van der Waals surface area contributed by atoms with Crippen molar-refractivity contribution in [2.24, 2.45) is 0 Å². The number of hydrogen-bond acceptors (Lipinski definition) is 5. The van der Waals surface area contributed by atoms with E-state index in [9.17, 15) is 18.3 Å². The van der Waals surface area contributed by atoms with E-state index in [1.165, 1.54) is 12.1 Å². The molecule has 0 aliphatic carbocycles. The molecule has 0 aromatic heterocycles. The molecule has 2 rings (SSSR count). The van der Waals surface area contributed by atoms with Gasteiger partial charge in [-0.1, -0.05) is 6.92 Å². The van der Waals surface area contributed by atoms with E-state index < -0.39 is 16.0 Å². The van der Waals surface area contributed by atoms with Gasteiger partial charge in [0, 0.05) is 19.1 Å². The predicted molar refractivity (Wildman–Crippen MR) is 86.5 cm³/mol. The molecule has 23 heavy (non-hydrogen) atoms. The van der Waals surface area contributed by atoms with E-state index in [-0.39, 0.29) is 16.5 Å². The molecular weight excluding hydrogens is 320 g/mol. The first-order valence-corrected chi connectivity index (χ1v) is 9.06. The van der Waals surface area contributed by atoms with E-state index in [1.54, 1.807) is 13.0 Å². The van der Waals surface area contributed by atoms with Crippen LogP contribution >= 0.6 is 0 Å². The molecule has 0 unspecified atom stereocenters. The topological polar surface area (TPSA) is 95.9 Å². The number of benzene rings is 1. The van der Waals surface area contributed by atoms with Gasteiger partial charge < -0.3 is 14.7 Å². The number of morpholine rings is 1. The summed E-state index contributed by atoms with van der Waals surface area (Å²) in [5, 5.41) is 9.44. The Morgan fingerprint density at radius 3 is 2.61 bits per heavy atom. The number of anilines is 1. The highest BCUT2D eigenvalue weighted by atomic mass is 32.2. The molecule has 0 amide bonds. The fourth-order valence-electron chi connectivity index (χ4n) is 2.35. The van der Waals surface area contributed by atoms with Crippen LogP contribution in [0.5, 0.6) is 0 Å². The van der Waals surface area contributed by atoms with E-state index in [4.69, 9.17) is 4.74 Å². The molecule has 0 radical (unpaired) electrons. The first kappa shape index (κ1) is 17.7. The second-order valence-electron chi connectivity index (χ2n) is 5.51. The zero-order valence-electron chi connectivity index (χ0n) is 13.3. The van der Waals surface area contributed by atoms with Crippen LogP contribution in [0.25, 0.3) is 0 Å². The molecule has 1 aromatic carbocycles. The summed E-state index contributed by atoms with van der Waals surface area (Å²) in [4.78, 5) is 13.4. The van der Waals surface area contributed by atoms with Crippen LogP contribution in [0.1, 0.15) is 30.6 Å². The van der Waals surface area contributed by atoms with Gasteiger partial charge in [-0.2, -0.15) is 0 Å². The van der Waals surface area contributed by atoms with Crippen molar-refractivity contribution in [1.82, 2.24) is 4.72 Å². The highest BCUT2D eigenvalue weighted by Crippen LogP contribution is 2.25. The van der Waals surface area contributed by atoms with Gasteiger partial charge in [0.05, 0.1) is 29.4 Å². The minimum absolute atomic E-state index is 0.0149. The SMILES string of the molecule is CC[C@H](C)NS(=O)(=O)c1ccc(N2CCOCC2)c(C(=O)O)c1. The van der Waals surface area contributed by atoms with E-state index in [0.717, 1.165) is 0 Å². The standard InChI is InChI=1S/C15H22N2O5S/c1-3-11(2)16-23(20,21)12-4-5-14(13(10-12)15(18)19)17-6-8-22-9-7-17/h4-5,10-11,16H,3,6-9H2,1-2H3,(H,18,19)/t11-/m0/s1.